The Kier molecular flexibility index (Phi) is 15.4. The monoisotopic (exact) mass is 194 g/mol. The van der Waals surface area contributed by atoms with Crippen molar-refractivity contribution in [2.45, 2.75) is 0 Å². The summed E-state index contributed by atoms with van der Waals surface area (Å²) in [7, 11) is 1.39. The molecule has 4 N–H and O–H groups in total. The molecule has 0 saturated heterocycles. The van der Waals surface area contributed by atoms with Gasteiger partial charge in [-0.05, 0) is 21.1 Å². The van der Waals surface area contributed by atoms with Crippen molar-refractivity contribution >= 4 is 9.05 Å². The van der Waals surface area contributed by atoms with E-state index in [1.807, 2.05) is 26.0 Å². The van der Waals surface area contributed by atoms with Crippen molar-refractivity contribution in [2.75, 3.05) is 21.1 Å². The molecule has 0 spiro atoms. The quantitative estimate of drug-likeness (QED) is 0.289. The molecule has 5 nitrogen and oxygen atoms in total. The van der Waals surface area contributed by atoms with Gasteiger partial charge in [-0.2, -0.15) is 0 Å². The summed E-state index contributed by atoms with van der Waals surface area (Å²) in [6.45, 7) is 0. The third-order valence-electron chi connectivity index (χ3n) is 0. The second kappa shape index (κ2) is 8.75. The molecule has 7 heteroatoms. The minimum atomic E-state index is -4.61. The fourth-order valence-electron chi connectivity index (χ4n) is 0. The summed E-state index contributed by atoms with van der Waals surface area (Å²) in [5.41, 5.74) is 0. The van der Waals surface area contributed by atoms with Crippen LogP contribution >= 0.6 is 0 Å². The van der Waals surface area contributed by atoms with Crippen molar-refractivity contribution in [2.24, 2.45) is 0 Å². The molecular formula is C3H13KNO4Si+. The van der Waals surface area contributed by atoms with Gasteiger partial charge >= 0.3 is 60.4 Å². The molecule has 0 aliphatic rings. The van der Waals surface area contributed by atoms with Crippen LogP contribution in [0.3, 0.4) is 0 Å². The Bertz CT molecular complexity index is 57.3. The van der Waals surface area contributed by atoms with Gasteiger partial charge in [-0.1, -0.05) is 0 Å². The van der Waals surface area contributed by atoms with E-state index in [0.717, 1.165) is 0 Å². The van der Waals surface area contributed by atoms with Crippen LogP contribution in [0.15, 0.2) is 0 Å². The number of nitrogens with zero attached hydrogens (tertiary/aromatic N) is 1. The van der Waals surface area contributed by atoms with E-state index >= 15 is 0 Å². The van der Waals surface area contributed by atoms with E-state index in [1.54, 1.807) is 0 Å². The molecule has 0 aromatic carbocycles. The van der Waals surface area contributed by atoms with Crippen molar-refractivity contribution in [3.05, 3.63) is 0 Å². The van der Waals surface area contributed by atoms with Gasteiger partial charge in [0.15, 0.2) is 0 Å². The topological polar surface area (TPSA) is 84.2 Å². The van der Waals surface area contributed by atoms with Crippen LogP contribution in [0, 0.1) is 0 Å². The normalized spacial score (nSPS) is 9.60. The minimum Gasteiger partial charge on any atom is -0.368 e. The Morgan fingerprint density at radius 1 is 0.900 bits per heavy atom. The smallest absolute Gasteiger partial charge is 0.368 e. The van der Waals surface area contributed by atoms with Crippen LogP contribution in [0.5, 0.6) is 0 Å². The zero-order valence-electron chi connectivity index (χ0n) is 6.74. The van der Waals surface area contributed by atoms with Gasteiger partial charge in [0, 0.05) is 0 Å². The summed E-state index contributed by atoms with van der Waals surface area (Å²) in [6, 6.07) is 0. The molecular weight excluding hydrogens is 181 g/mol. The molecule has 0 saturated carbocycles. The first-order valence-electron chi connectivity index (χ1n) is 2.24. The molecule has 0 heterocycles. The zero-order valence-corrected chi connectivity index (χ0v) is 10.9. The van der Waals surface area contributed by atoms with Gasteiger partial charge in [-0.3, -0.25) is 0 Å². The van der Waals surface area contributed by atoms with E-state index in [4.69, 9.17) is 19.2 Å². The second-order valence-corrected chi connectivity index (χ2v) is 3.14. The summed E-state index contributed by atoms with van der Waals surface area (Å²) < 4.78 is 0. The van der Waals surface area contributed by atoms with Crippen LogP contribution in [-0.2, 0) is 0 Å². The molecule has 0 fully saturated rings. The Morgan fingerprint density at radius 3 is 0.900 bits per heavy atom. The maximum atomic E-state index is 7.33. The van der Waals surface area contributed by atoms with Crippen LogP contribution in [-0.4, -0.2) is 54.3 Å². The van der Waals surface area contributed by atoms with Crippen LogP contribution < -0.4 is 51.4 Å². The van der Waals surface area contributed by atoms with E-state index in [1.165, 1.54) is 0 Å². The second-order valence-electron chi connectivity index (χ2n) is 1.94. The van der Waals surface area contributed by atoms with Gasteiger partial charge in [-0.15, -0.1) is 0 Å². The molecule has 0 radical (unpaired) electrons. The summed E-state index contributed by atoms with van der Waals surface area (Å²) in [5.74, 6) is 0. The first-order valence-corrected chi connectivity index (χ1v) is 4.02. The van der Waals surface area contributed by atoms with Crippen molar-refractivity contribution in [1.29, 1.82) is 0 Å². The molecule has 0 aliphatic heterocycles. The van der Waals surface area contributed by atoms with E-state index in [2.05, 4.69) is 0 Å². The van der Waals surface area contributed by atoms with Crippen LogP contribution in [0.1, 0.15) is 0 Å². The molecule has 0 unspecified atom stereocenters. The minimum absolute atomic E-state index is 0. The zero-order chi connectivity index (χ0) is 8.08. The van der Waals surface area contributed by atoms with E-state index in [0.29, 0.717) is 0 Å². The predicted molar refractivity (Wildman–Crippen MR) is 34.2 cm³/mol. The van der Waals surface area contributed by atoms with E-state index in [9.17, 15) is 0 Å². The predicted octanol–water partition coefficient (Wildman–Crippen LogP) is -5.43. The standard InChI is InChI=1S/C3H9N.K.H4O4Si/c1-4(2)3;;1-5(2,3)4/h1-3H3;;1-4H/q;+1;. The number of hydrogen-bond acceptors (Lipinski definition) is 5. The van der Waals surface area contributed by atoms with Gasteiger partial charge < -0.3 is 24.1 Å². The fourth-order valence-corrected chi connectivity index (χ4v) is 0. The summed E-state index contributed by atoms with van der Waals surface area (Å²) >= 11 is 0. The Morgan fingerprint density at radius 2 is 0.900 bits per heavy atom. The van der Waals surface area contributed by atoms with E-state index in [-0.39, 0.29) is 51.4 Å². The Labute approximate surface area is 104 Å². The maximum Gasteiger partial charge on any atom is 1.00 e. The largest absolute Gasteiger partial charge is 1.00 e. The summed E-state index contributed by atoms with van der Waals surface area (Å²) in [5, 5.41) is 0. The van der Waals surface area contributed by atoms with Gasteiger partial charge in [0.1, 0.15) is 0 Å². The van der Waals surface area contributed by atoms with Crippen molar-refractivity contribution in [3.8, 4) is 0 Å². The van der Waals surface area contributed by atoms with Crippen LogP contribution in [0.25, 0.3) is 0 Å². The van der Waals surface area contributed by atoms with Gasteiger partial charge in [0.25, 0.3) is 0 Å². The van der Waals surface area contributed by atoms with Crippen molar-refractivity contribution in [1.82, 2.24) is 4.90 Å². The molecule has 0 aliphatic carbocycles. The maximum absolute atomic E-state index is 7.33. The molecule has 0 aromatic rings. The first-order chi connectivity index (χ1) is 3.73. The summed E-state index contributed by atoms with van der Waals surface area (Å²) in [4.78, 5) is 31.3. The molecule has 0 rings (SSSR count). The first kappa shape index (κ1) is 17.7. The molecule has 10 heavy (non-hydrogen) atoms. The average molecular weight is 194 g/mol. The Hall–Kier alpha value is 1.65. The number of hydrogen-bond donors (Lipinski definition) is 4. The Balaban J connectivity index is -0.0000000910. The van der Waals surface area contributed by atoms with Gasteiger partial charge in [0.2, 0.25) is 0 Å². The molecule has 0 aromatic heterocycles. The van der Waals surface area contributed by atoms with Gasteiger partial charge in [0.05, 0.1) is 0 Å². The van der Waals surface area contributed by atoms with Crippen LogP contribution in [0.4, 0.5) is 0 Å². The third kappa shape index (κ3) is 264. The fraction of sp³-hybridized carbons (Fsp3) is 1.00. The number of rotatable bonds is 0. The van der Waals surface area contributed by atoms with Crippen LogP contribution in [0.2, 0.25) is 0 Å². The van der Waals surface area contributed by atoms with Crippen molar-refractivity contribution < 1.29 is 70.6 Å². The molecule has 0 atom stereocenters. The average Bonchev–Trinajstić information content (AvgIpc) is 1.19. The third-order valence-corrected chi connectivity index (χ3v) is 0. The molecule has 58 valence electrons. The molecule has 0 amide bonds. The molecule has 0 bridgehead atoms. The summed E-state index contributed by atoms with van der Waals surface area (Å²) in [6.07, 6.45) is 0. The SMILES string of the molecule is CN(C)C.O[Si](O)(O)O.[K+]. The van der Waals surface area contributed by atoms with Crippen molar-refractivity contribution in [3.63, 3.8) is 0 Å². The van der Waals surface area contributed by atoms with Gasteiger partial charge in [-0.25, -0.2) is 0 Å². The van der Waals surface area contributed by atoms with E-state index < -0.39 is 9.05 Å².